The van der Waals surface area contributed by atoms with Crippen molar-refractivity contribution in [3.63, 3.8) is 0 Å². The van der Waals surface area contributed by atoms with E-state index in [0.29, 0.717) is 10.6 Å². The molecule has 0 saturated heterocycles. The molecule has 0 heterocycles. The maximum absolute atomic E-state index is 13.4. The van der Waals surface area contributed by atoms with Gasteiger partial charge in [0.05, 0.1) is 6.04 Å². The summed E-state index contributed by atoms with van der Waals surface area (Å²) < 4.78 is 13.4. The summed E-state index contributed by atoms with van der Waals surface area (Å²) in [5, 5.41) is 3.97. The first-order chi connectivity index (χ1) is 9.01. The van der Waals surface area contributed by atoms with Crippen LogP contribution in [0.3, 0.4) is 0 Å². The lowest BCUT2D eigenvalue weighted by atomic mass is 9.96. The van der Waals surface area contributed by atoms with E-state index < -0.39 is 0 Å². The first kappa shape index (κ1) is 14.0. The fourth-order valence-corrected chi connectivity index (χ4v) is 2.60. The second kappa shape index (κ2) is 5.72. The topological polar surface area (TPSA) is 12.0 Å². The minimum atomic E-state index is -0.180. The van der Waals surface area contributed by atoms with Crippen molar-refractivity contribution in [3.05, 3.63) is 69.5 Å². The molecule has 0 aromatic heterocycles. The minimum Gasteiger partial charge on any atom is -0.309 e. The number of halogens is 2. The average Bonchev–Trinajstić information content (AvgIpc) is 2.33. The van der Waals surface area contributed by atoms with Crippen LogP contribution in [0.25, 0.3) is 0 Å². The molecule has 19 heavy (non-hydrogen) atoms. The Hall–Kier alpha value is -1.38. The molecule has 0 aliphatic rings. The fourth-order valence-electron chi connectivity index (χ4n) is 2.30. The van der Waals surface area contributed by atoms with Crippen LogP contribution in [-0.4, -0.2) is 7.05 Å². The van der Waals surface area contributed by atoms with E-state index in [2.05, 4.69) is 11.4 Å². The molecule has 0 bridgehead atoms. The summed E-state index contributed by atoms with van der Waals surface area (Å²) in [5.41, 5.74) is 3.87. The van der Waals surface area contributed by atoms with E-state index in [1.165, 1.54) is 6.07 Å². The summed E-state index contributed by atoms with van der Waals surface area (Å²) in [6.45, 7) is 3.78. The Labute approximate surface area is 118 Å². The van der Waals surface area contributed by atoms with E-state index in [-0.39, 0.29) is 11.9 Å². The molecule has 2 aromatic rings. The second-order valence-electron chi connectivity index (χ2n) is 4.79. The van der Waals surface area contributed by atoms with Gasteiger partial charge in [0.1, 0.15) is 5.82 Å². The first-order valence-corrected chi connectivity index (χ1v) is 6.59. The van der Waals surface area contributed by atoms with Crippen molar-refractivity contribution in [2.45, 2.75) is 19.9 Å². The Morgan fingerprint density at radius 1 is 1.05 bits per heavy atom. The molecule has 0 fully saturated rings. The van der Waals surface area contributed by atoms with Crippen LogP contribution in [-0.2, 0) is 0 Å². The number of rotatable bonds is 3. The molecule has 0 radical (unpaired) electrons. The lowest BCUT2D eigenvalue weighted by molar-refractivity contribution is 0.614. The van der Waals surface area contributed by atoms with Gasteiger partial charge < -0.3 is 5.32 Å². The maximum Gasteiger partial charge on any atom is 0.126 e. The fraction of sp³-hybridized carbons (Fsp3) is 0.250. The van der Waals surface area contributed by atoms with Crippen molar-refractivity contribution in [1.29, 1.82) is 0 Å². The van der Waals surface area contributed by atoms with Gasteiger partial charge in [-0.2, -0.15) is 0 Å². The van der Waals surface area contributed by atoms with E-state index >= 15 is 0 Å². The van der Waals surface area contributed by atoms with Crippen LogP contribution in [0, 0.1) is 19.7 Å². The lowest BCUT2D eigenvalue weighted by Gasteiger charge is -2.19. The summed E-state index contributed by atoms with van der Waals surface area (Å²) in [5.74, 6) is -0.180. The molecular weight excluding hydrogens is 261 g/mol. The van der Waals surface area contributed by atoms with E-state index in [9.17, 15) is 4.39 Å². The van der Waals surface area contributed by atoms with Gasteiger partial charge in [-0.1, -0.05) is 29.8 Å². The highest BCUT2D eigenvalue weighted by atomic mass is 35.5. The zero-order chi connectivity index (χ0) is 14.0. The molecule has 2 rings (SSSR count). The standard InChI is InChI=1S/C16H17ClFN/c1-10-6-13(9-14(17)7-10)16(19-3)12-4-5-15(18)11(2)8-12/h4-9,16,19H,1-3H3. The van der Waals surface area contributed by atoms with Crippen LogP contribution in [0.15, 0.2) is 36.4 Å². The Morgan fingerprint density at radius 3 is 2.37 bits per heavy atom. The molecule has 2 aromatic carbocycles. The zero-order valence-electron chi connectivity index (χ0n) is 11.3. The molecule has 1 atom stereocenters. The number of benzene rings is 2. The van der Waals surface area contributed by atoms with Gasteiger partial charge in [0, 0.05) is 5.02 Å². The lowest BCUT2D eigenvalue weighted by Crippen LogP contribution is -2.18. The second-order valence-corrected chi connectivity index (χ2v) is 5.23. The summed E-state index contributed by atoms with van der Waals surface area (Å²) in [7, 11) is 1.89. The molecule has 100 valence electrons. The molecule has 0 aliphatic heterocycles. The van der Waals surface area contributed by atoms with E-state index in [1.54, 1.807) is 13.0 Å². The maximum atomic E-state index is 13.4. The Morgan fingerprint density at radius 2 is 1.79 bits per heavy atom. The summed E-state index contributed by atoms with van der Waals surface area (Å²) >= 11 is 6.11. The highest BCUT2D eigenvalue weighted by molar-refractivity contribution is 6.30. The molecule has 1 nitrogen and oxygen atoms in total. The highest BCUT2D eigenvalue weighted by Gasteiger charge is 2.14. The molecule has 0 spiro atoms. The first-order valence-electron chi connectivity index (χ1n) is 6.21. The van der Waals surface area contributed by atoms with Crippen LogP contribution in [0.4, 0.5) is 4.39 Å². The number of aryl methyl sites for hydroxylation is 2. The number of hydrogen-bond donors (Lipinski definition) is 1. The van der Waals surface area contributed by atoms with Crippen molar-refractivity contribution in [2.75, 3.05) is 7.05 Å². The Kier molecular flexibility index (Phi) is 4.23. The van der Waals surface area contributed by atoms with Gasteiger partial charge in [-0.15, -0.1) is 0 Å². The van der Waals surface area contributed by atoms with Gasteiger partial charge in [0.2, 0.25) is 0 Å². The van der Waals surface area contributed by atoms with Crippen LogP contribution in [0.5, 0.6) is 0 Å². The molecule has 3 heteroatoms. The highest BCUT2D eigenvalue weighted by Crippen LogP contribution is 2.26. The van der Waals surface area contributed by atoms with Crippen LogP contribution in [0.1, 0.15) is 28.3 Å². The van der Waals surface area contributed by atoms with Gasteiger partial charge in [-0.25, -0.2) is 4.39 Å². The van der Waals surface area contributed by atoms with Crippen molar-refractivity contribution in [1.82, 2.24) is 5.32 Å². The van der Waals surface area contributed by atoms with Crippen molar-refractivity contribution < 1.29 is 4.39 Å². The van der Waals surface area contributed by atoms with Crippen molar-refractivity contribution in [2.24, 2.45) is 0 Å². The van der Waals surface area contributed by atoms with E-state index in [4.69, 9.17) is 11.6 Å². The minimum absolute atomic E-state index is 0.0108. The third-order valence-electron chi connectivity index (χ3n) is 3.20. The van der Waals surface area contributed by atoms with Crippen molar-refractivity contribution >= 4 is 11.6 Å². The molecule has 0 saturated carbocycles. The van der Waals surface area contributed by atoms with Gasteiger partial charge in [-0.05, 0) is 61.3 Å². The molecular formula is C16H17ClFN. The zero-order valence-corrected chi connectivity index (χ0v) is 12.1. The summed E-state index contributed by atoms with van der Waals surface area (Å²) in [6, 6.07) is 11.1. The smallest absolute Gasteiger partial charge is 0.126 e. The van der Waals surface area contributed by atoms with Gasteiger partial charge in [-0.3, -0.25) is 0 Å². The predicted octanol–water partition coefficient (Wildman–Crippen LogP) is 4.40. The molecule has 0 aliphatic carbocycles. The van der Waals surface area contributed by atoms with E-state index in [0.717, 1.165) is 16.7 Å². The number of hydrogen-bond acceptors (Lipinski definition) is 1. The Balaban J connectivity index is 2.46. The quantitative estimate of drug-likeness (QED) is 0.876. The van der Waals surface area contributed by atoms with Gasteiger partial charge >= 0.3 is 0 Å². The van der Waals surface area contributed by atoms with Gasteiger partial charge in [0.25, 0.3) is 0 Å². The largest absolute Gasteiger partial charge is 0.309 e. The monoisotopic (exact) mass is 277 g/mol. The van der Waals surface area contributed by atoms with Crippen LogP contribution in [0.2, 0.25) is 5.02 Å². The Bertz CT molecular complexity index is 575. The summed E-state index contributed by atoms with van der Waals surface area (Å²) in [6.07, 6.45) is 0. The third-order valence-corrected chi connectivity index (χ3v) is 3.42. The summed E-state index contributed by atoms with van der Waals surface area (Å²) in [4.78, 5) is 0. The molecule has 1 unspecified atom stereocenters. The molecule has 1 N–H and O–H groups in total. The van der Waals surface area contributed by atoms with E-state index in [1.807, 2.05) is 32.2 Å². The SMILES string of the molecule is CNC(c1cc(C)cc(Cl)c1)c1ccc(F)c(C)c1. The normalized spacial score (nSPS) is 12.5. The average molecular weight is 278 g/mol. The molecule has 0 amide bonds. The van der Waals surface area contributed by atoms with Crippen molar-refractivity contribution in [3.8, 4) is 0 Å². The van der Waals surface area contributed by atoms with Crippen LogP contribution < -0.4 is 5.32 Å². The number of nitrogens with one attached hydrogen (secondary N) is 1. The van der Waals surface area contributed by atoms with Crippen LogP contribution >= 0.6 is 11.6 Å². The predicted molar refractivity (Wildman–Crippen MR) is 78.2 cm³/mol. The van der Waals surface area contributed by atoms with Gasteiger partial charge in [0.15, 0.2) is 0 Å². The third kappa shape index (κ3) is 3.14.